The number of aryl methyl sites for hydroxylation is 2. The number of pyridine rings is 1. The van der Waals surface area contributed by atoms with E-state index in [1.54, 1.807) is 12.4 Å². The summed E-state index contributed by atoms with van der Waals surface area (Å²) in [5.41, 5.74) is 3.76. The second-order valence-corrected chi connectivity index (χ2v) is 6.48. The van der Waals surface area contributed by atoms with Gasteiger partial charge in [-0.25, -0.2) is 0 Å². The van der Waals surface area contributed by atoms with Crippen LogP contribution in [0, 0.1) is 13.8 Å². The molecule has 1 aromatic carbocycles. The highest BCUT2D eigenvalue weighted by Crippen LogP contribution is 2.18. The van der Waals surface area contributed by atoms with Crippen molar-refractivity contribution in [1.29, 1.82) is 0 Å². The molecule has 2 heterocycles. The van der Waals surface area contributed by atoms with Gasteiger partial charge in [0, 0.05) is 12.4 Å². The van der Waals surface area contributed by atoms with E-state index >= 15 is 0 Å². The van der Waals surface area contributed by atoms with Crippen molar-refractivity contribution in [3.63, 3.8) is 0 Å². The van der Waals surface area contributed by atoms with Crippen LogP contribution >= 0.6 is 0 Å². The SMILES string of the molecule is Cc1noc(C)c1COc1ccc(CC(=O)NC(C)c2ccncc2)cc1. The molecule has 6 heteroatoms. The number of amides is 1. The summed E-state index contributed by atoms with van der Waals surface area (Å²) in [6.45, 7) is 6.13. The van der Waals surface area contributed by atoms with Gasteiger partial charge in [-0.1, -0.05) is 17.3 Å². The van der Waals surface area contributed by atoms with Gasteiger partial charge in [-0.15, -0.1) is 0 Å². The van der Waals surface area contributed by atoms with Crippen molar-refractivity contribution < 1.29 is 14.1 Å². The number of rotatable bonds is 7. The molecule has 0 saturated heterocycles. The molecule has 0 saturated carbocycles. The summed E-state index contributed by atoms with van der Waals surface area (Å²) < 4.78 is 10.9. The summed E-state index contributed by atoms with van der Waals surface area (Å²) in [5, 5.41) is 6.92. The van der Waals surface area contributed by atoms with Crippen molar-refractivity contribution in [1.82, 2.24) is 15.5 Å². The Kier molecular flexibility index (Phi) is 5.86. The third-order valence-electron chi connectivity index (χ3n) is 4.44. The maximum absolute atomic E-state index is 12.3. The van der Waals surface area contributed by atoms with Gasteiger partial charge in [0.15, 0.2) is 0 Å². The summed E-state index contributed by atoms with van der Waals surface area (Å²) in [6, 6.07) is 11.3. The molecule has 27 heavy (non-hydrogen) atoms. The van der Waals surface area contributed by atoms with Crippen LogP contribution in [-0.2, 0) is 17.8 Å². The fourth-order valence-corrected chi connectivity index (χ4v) is 2.78. The van der Waals surface area contributed by atoms with E-state index in [9.17, 15) is 4.79 Å². The molecule has 3 rings (SSSR count). The molecule has 0 fully saturated rings. The Labute approximate surface area is 158 Å². The molecule has 1 N–H and O–H groups in total. The van der Waals surface area contributed by atoms with Crippen LogP contribution < -0.4 is 10.1 Å². The van der Waals surface area contributed by atoms with Crippen LogP contribution in [0.25, 0.3) is 0 Å². The van der Waals surface area contributed by atoms with E-state index in [1.807, 2.05) is 57.2 Å². The van der Waals surface area contributed by atoms with Crippen LogP contribution in [0.2, 0.25) is 0 Å². The minimum atomic E-state index is -0.0573. The average Bonchev–Trinajstić information content (AvgIpc) is 2.99. The molecule has 0 radical (unpaired) electrons. The van der Waals surface area contributed by atoms with Gasteiger partial charge in [0.1, 0.15) is 18.1 Å². The maximum Gasteiger partial charge on any atom is 0.224 e. The van der Waals surface area contributed by atoms with Crippen LogP contribution in [0.5, 0.6) is 5.75 Å². The van der Waals surface area contributed by atoms with Crippen molar-refractivity contribution in [2.24, 2.45) is 0 Å². The predicted molar refractivity (Wildman–Crippen MR) is 101 cm³/mol. The van der Waals surface area contributed by atoms with E-state index in [0.717, 1.165) is 33.9 Å². The summed E-state index contributed by atoms with van der Waals surface area (Å²) in [6.07, 6.45) is 3.76. The van der Waals surface area contributed by atoms with E-state index in [4.69, 9.17) is 9.26 Å². The number of benzene rings is 1. The van der Waals surface area contributed by atoms with Crippen LogP contribution in [0.4, 0.5) is 0 Å². The number of aromatic nitrogens is 2. The lowest BCUT2D eigenvalue weighted by atomic mass is 10.1. The van der Waals surface area contributed by atoms with Gasteiger partial charge in [0.25, 0.3) is 0 Å². The number of carbonyl (C=O) groups excluding carboxylic acids is 1. The predicted octanol–water partition coefficient (Wildman–Crippen LogP) is 3.69. The zero-order chi connectivity index (χ0) is 19.2. The van der Waals surface area contributed by atoms with Crippen LogP contribution in [-0.4, -0.2) is 16.0 Å². The van der Waals surface area contributed by atoms with Crippen molar-refractivity contribution >= 4 is 5.91 Å². The number of hydrogen-bond donors (Lipinski definition) is 1. The lowest BCUT2D eigenvalue weighted by Gasteiger charge is -2.14. The third-order valence-corrected chi connectivity index (χ3v) is 4.44. The van der Waals surface area contributed by atoms with Gasteiger partial charge < -0.3 is 14.6 Å². The molecule has 0 bridgehead atoms. The Hall–Kier alpha value is -3.15. The number of hydrogen-bond acceptors (Lipinski definition) is 5. The molecular weight excluding hydrogens is 342 g/mol. The zero-order valence-electron chi connectivity index (χ0n) is 15.7. The Balaban J connectivity index is 1.52. The molecule has 1 unspecified atom stereocenters. The number of nitrogens with zero attached hydrogens (tertiary/aromatic N) is 2. The Morgan fingerprint density at radius 3 is 2.48 bits per heavy atom. The monoisotopic (exact) mass is 365 g/mol. The molecule has 0 aliphatic rings. The average molecular weight is 365 g/mol. The second kappa shape index (κ2) is 8.49. The lowest BCUT2D eigenvalue weighted by Crippen LogP contribution is -2.28. The fourth-order valence-electron chi connectivity index (χ4n) is 2.78. The first-order chi connectivity index (χ1) is 13.0. The highest BCUT2D eigenvalue weighted by Gasteiger charge is 2.11. The lowest BCUT2D eigenvalue weighted by molar-refractivity contribution is -0.121. The van der Waals surface area contributed by atoms with E-state index in [2.05, 4.69) is 15.5 Å². The molecule has 2 aromatic heterocycles. The minimum Gasteiger partial charge on any atom is -0.489 e. The normalized spacial score (nSPS) is 11.8. The smallest absolute Gasteiger partial charge is 0.224 e. The van der Waals surface area contributed by atoms with Crippen molar-refractivity contribution in [2.75, 3.05) is 0 Å². The molecule has 6 nitrogen and oxygen atoms in total. The first kappa shape index (κ1) is 18.6. The minimum absolute atomic E-state index is 0.0244. The number of nitrogens with one attached hydrogen (secondary N) is 1. The van der Waals surface area contributed by atoms with Crippen molar-refractivity contribution in [3.05, 3.63) is 76.9 Å². The molecule has 0 aliphatic heterocycles. The Morgan fingerprint density at radius 1 is 1.15 bits per heavy atom. The highest BCUT2D eigenvalue weighted by molar-refractivity contribution is 5.79. The standard InChI is InChI=1S/C21H23N3O3/c1-14(18-8-10-22-11-9-18)23-21(25)12-17-4-6-19(7-5-17)26-13-20-15(2)24-27-16(20)3/h4-11,14H,12-13H2,1-3H3,(H,23,25). The largest absolute Gasteiger partial charge is 0.489 e. The van der Waals surface area contributed by atoms with Gasteiger partial charge in [-0.3, -0.25) is 9.78 Å². The fraction of sp³-hybridized carbons (Fsp3) is 0.286. The highest BCUT2D eigenvalue weighted by atomic mass is 16.5. The van der Waals surface area contributed by atoms with Gasteiger partial charge in [-0.2, -0.15) is 0 Å². The maximum atomic E-state index is 12.3. The van der Waals surface area contributed by atoms with Crippen LogP contribution in [0.3, 0.4) is 0 Å². The molecular formula is C21H23N3O3. The van der Waals surface area contributed by atoms with Gasteiger partial charge in [-0.05, 0) is 56.2 Å². The summed E-state index contributed by atoms with van der Waals surface area (Å²) in [5.74, 6) is 1.48. The first-order valence-corrected chi connectivity index (χ1v) is 8.85. The summed E-state index contributed by atoms with van der Waals surface area (Å²) in [4.78, 5) is 16.3. The summed E-state index contributed by atoms with van der Waals surface area (Å²) >= 11 is 0. The quantitative estimate of drug-likeness (QED) is 0.691. The van der Waals surface area contributed by atoms with Crippen LogP contribution in [0.1, 0.15) is 41.1 Å². The molecule has 1 atom stereocenters. The van der Waals surface area contributed by atoms with E-state index in [1.165, 1.54) is 0 Å². The molecule has 1 amide bonds. The van der Waals surface area contributed by atoms with Crippen molar-refractivity contribution in [3.8, 4) is 5.75 Å². The third kappa shape index (κ3) is 4.94. The van der Waals surface area contributed by atoms with E-state index < -0.39 is 0 Å². The van der Waals surface area contributed by atoms with E-state index in [-0.39, 0.29) is 11.9 Å². The topological polar surface area (TPSA) is 77.2 Å². The van der Waals surface area contributed by atoms with Gasteiger partial charge >= 0.3 is 0 Å². The number of ether oxygens (including phenoxy) is 1. The molecule has 0 aliphatic carbocycles. The van der Waals surface area contributed by atoms with Gasteiger partial charge in [0.2, 0.25) is 5.91 Å². The molecule has 3 aromatic rings. The van der Waals surface area contributed by atoms with E-state index in [0.29, 0.717) is 13.0 Å². The Morgan fingerprint density at radius 2 is 1.85 bits per heavy atom. The molecule has 0 spiro atoms. The second-order valence-electron chi connectivity index (χ2n) is 6.48. The Bertz CT molecular complexity index is 869. The zero-order valence-corrected chi connectivity index (χ0v) is 15.7. The first-order valence-electron chi connectivity index (χ1n) is 8.85. The van der Waals surface area contributed by atoms with Crippen molar-refractivity contribution in [2.45, 2.75) is 39.8 Å². The van der Waals surface area contributed by atoms with Crippen LogP contribution in [0.15, 0.2) is 53.3 Å². The van der Waals surface area contributed by atoms with Gasteiger partial charge in [0.05, 0.1) is 23.7 Å². The molecule has 140 valence electrons. The number of carbonyl (C=O) groups is 1. The summed E-state index contributed by atoms with van der Waals surface area (Å²) in [7, 11) is 0.